The van der Waals surface area contributed by atoms with E-state index in [0.717, 1.165) is 21.3 Å². The van der Waals surface area contributed by atoms with Crippen molar-refractivity contribution >= 4 is 27.3 Å². The molecule has 0 aliphatic carbocycles. The van der Waals surface area contributed by atoms with Crippen LogP contribution < -0.4 is 10.4 Å². The molecule has 0 atom stereocenters. The summed E-state index contributed by atoms with van der Waals surface area (Å²) in [6.07, 6.45) is 0. The van der Waals surface area contributed by atoms with E-state index in [-0.39, 0.29) is 12.3 Å². The summed E-state index contributed by atoms with van der Waals surface area (Å²) in [7, 11) is 1.56. The fourth-order valence-electron chi connectivity index (χ4n) is 2.52. The molecule has 2 heterocycles. The molecule has 0 N–H and O–H groups in total. The minimum absolute atomic E-state index is 0.270. The topological polar surface area (TPSA) is 74.8 Å². The number of tetrazole rings is 1. The SMILES string of the molecule is Cn1nnn(-c2ccccc2COc2nc(-c3ccc(Br)cc3)cs2)c1=O. The third-order valence-corrected chi connectivity index (χ3v) is 5.20. The molecule has 9 heteroatoms. The molecule has 27 heavy (non-hydrogen) atoms. The lowest BCUT2D eigenvalue weighted by Gasteiger charge is -2.08. The molecular formula is C18H14BrN5O2S. The fourth-order valence-corrected chi connectivity index (χ4v) is 3.46. The molecule has 0 saturated carbocycles. The number of ether oxygens (including phenoxy) is 1. The Kier molecular flexibility index (Phi) is 4.87. The van der Waals surface area contributed by atoms with Gasteiger partial charge >= 0.3 is 5.69 Å². The smallest absolute Gasteiger partial charge is 0.368 e. The first-order chi connectivity index (χ1) is 13.1. The van der Waals surface area contributed by atoms with Crippen LogP contribution in [0.25, 0.3) is 16.9 Å². The standard InChI is InChI=1S/C18H14BrN5O2S/c1-23-18(25)24(22-21-23)16-5-3-2-4-13(16)10-26-17-20-15(11-27-17)12-6-8-14(19)9-7-12/h2-9,11H,10H2,1H3. The Bertz CT molecular complexity index is 1130. The molecule has 0 aliphatic heterocycles. The molecule has 0 amide bonds. The summed E-state index contributed by atoms with van der Waals surface area (Å²) in [5.74, 6) is 0. The number of halogens is 1. The first-order valence-electron chi connectivity index (χ1n) is 8.03. The van der Waals surface area contributed by atoms with Gasteiger partial charge in [-0.25, -0.2) is 9.78 Å². The van der Waals surface area contributed by atoms with Gasteiger partial charge in [-0.3, -0.25) is 0 Å². The summed E-state index contributed by atoms with van der Waals surface area (Å²) in [5.41, 5.74) is 3.03. The highest BCUT2D eigenvalue weighted by atomic mass is 79.9. The molecule has 0 aliphatic rings. The van der Waals surface area contributed by atoms with E-state index in [2.05, 4.69) is 31.3 Å². The number of benzene rings is 2. The number of para-hydroxylation sites is 1. The average Bonchev–Trinajstić information content (AvgIpc) is 3.28. The molecule has 2 aromatic carbocycles. The summed E-state index contributed by atoms with van der Waals surface area (Å²) in [5, 5.41) is 10.2. The van der Waals surface area contributed by atoms with Crippen LogP contribution in [0.3, 0.4) is 0 Å². The van der Waals surface area contributed by atoms with Crippen molar-refractivity contribution in [2.24, 2.45) is 7.05 Å². The van der Waals surface area contributed by atoms with Crippen LogP contribution in [-0.4, -0.2) is 24.8 Å². The predicted octanol–water partition coefficient (Wildman–Crippen LogP) is 3.43. The number of aryl methyl sites for hydroxylation is 1. The molecule has 4 aromatic rings. The van der Waals surface area contributed by atoms with E-state index < -0.39 is 0 Å². The van der Waals surface area contributed by atoms with E-state index in [1.165, 1.54) is 20.7 Å². The molecule has 7 nitrogen and oxygen atoms in total. The highest BCUT2D eigenvalue weighted by molar-refractivity contribution is 9.10. The summed E-state index contributed by atoms with van der Waals surface area (Å²) in [6.45, 7) is 0.270. The van der Waals surface area contributed by atoms with Crippen LogP contribution in [0, 0.1) is 0 Å². The summed E-state index contributed by atoms with van der Waals surface area (Å²) in [4.78, 5) is 16.7. The van der Waals surface area contributed by atoms with Crippen LogP contribution in [0.15, 0.2) is 63.2 Å². The molecular weight excluding hydrogens is 430 g/mol. The van der Waals surface area contributed by atoms with Gasteiger partial charge in [0.1, 0.15) is 6.61 Å². The number of hydrogen-bond acceptors (Lipinski definition) is 6. The zero-order chi connectivity index (χ0) is 18.8. The van der Waals surface area contributed by atoms with Crippen molar-refractivity contribution in [1.82, 2.24) is 24.8 Å². The Morgan fingerprint density at radius 2 is 1.89 bits per heavy atom. The van der Waals surface area contributed by atoms with Gasteiger partial charge in [0.05, 0.1) is 11.4 Å². The highest BCUT2D eigenvalue weighted by Crippen LogP contribution is 2.28. The number of nitrogens with zero attached hydrogens (tertiary/aromatic N) is 5. The maximum Gasteiger partial charge on any atom is 0.368 e. The lowest BCUT2D eigenvalue weighted by molar-refractivity contribution is 0.304. The van der Waals surface area contributed by atoms with Gasteiger partial charge in [-0.15, -0.1) is 0 Å². The van der Waals surface area contributed by atoms with Crippen molar-refractivity contribution in [3.63, 3.8) is 0 Å². The van der Waals surface area contributed by atoms with Gasteiger partial charge in [0.15, 0.2) is 0 Å². The van der Waals surface area contributed by atoms with Crippen LogP contribution in [0.2, 0.25) is 0 Å². The van der Waals surface area contributed by atoms with E-state index in [1.807, 2.05) is 53.9 Å². The average molecular weight is 444 g/mol. The van der Waals surface area contributed by atoms with E-state index in [4.69, 9.17) is 4.74 Å². The van der Waals surface area contributed by atoms with Crippen molar-refractivity contribution in [3.8, 4) is 22.1 Å². The number of rotatable bonds is 5. The Balaban J connectivity index is 1.54. The third-order valence-electron chi connectivity index (χ3n) is 3.92. The van der Waals surface area contributed by atoms with Crippen LogP contribution in [0.5, 0.6) is 5.19 Å². The van der Waals surface area contributed by atoms with Crippen LogP contribution >= 0.6 is 27.3 Å². The highest BCUT2D eigenvalue weighted by Gasteiger charge is 2.12. The molecule has 2 aromatic heterocycles. The van der Waals surface area contributed by atoms with Crippen molar-refractivity contribution in [1.29, 1.82) is 0 Å². The normalized spacial score (nSPS) is 10.9. The van der Waals surface area contributed by atoms with E-state index >= 15 is 0 Å². The zero-order valence-corrected chi connectivity index (χ0v) is 16.6. The summed E-state index contributed by atoms with van der Waals surface area (Å²) < 4.78 is 9.32. The number of hydrogen-bond donors (Lipinski definition) is 0. The van der Waals surface area contributed by atoms with Gasteiger partial charge in [-0.1, -0.05) is 57.6 Å². The molecule has 0 unspecified atom stereocenters. The molecule has 0 fully saturated rings. The Morgan fingerprint density at radius 3 is 2.63 bits per heavy atom. The van der Waals surface area contributed by atoms with Gasteiger partial charge in [0.25, 0.3) is 5.19 Å². The maximum atomic E-state index is 12.1. The van der Waals surface area contributed by atoms with Gasteiger partial charge in [0.2, 0.25) is 0 Å². The molecule has 0 radical (unpaired) electrons. The molecule has 4 rings (SSSR count). The van der Waals surface area contributed by atoms with E-state index in [9.17, 15) is 4.79 Å². The van der Waals surface area contributed by atoms with Crippen molar-refractivity contribution < 1.29 is 4.74 Å². The van der Waals surface area contributed by atoms with Crippen LogP contribution in [-0.2, 0) is 13.7 Å². The maximum absolute atomic E-state index is 12.1. The minimum atomic E-state index is -0.311. The largest absolute Gasteiger partial charge is 0.465 e. The molecule has 0 bridgehead atoms. The second kappa shape index (κ2) is 7.45. The van der Waals surface area contributed by atoms with Crippen molar-refractivity contribution in [2.75, 3.05) is 0 Å². The summed E-state index contributed by atoms with van der Waals surface area (Å²) >= 11 is 4.86. The van der Waals surface area contributed by atoms with Gasteiger partial charge in [-0.05, 0) is 28.6 Å². The second-order valence-electron chi connectivity index (χ2n) is 5.72. The van der Waals surface area contributed by atoms with Crippen molar-refractivity contribution in [2.45, 2.75) is 6.61 Å². The monoisotopic (exact) mass is 443 g/mol. The third kappa shape index (κ3) is 3.69. The van der Waals surface area contributed by atoms with E-state index in [0.29, 0.717) is 10.9 Å². The minimum Gasteiger partial charge on any atom is -0.465 e. The number of aromatic nitrogens is 5. The molecule has 136 valence electrons. The zero-order valence-electron chi connectivity index (χ0n) is 14.2. The van der Waals surface area contributed by atoms with Gasteiger partial charge in [-0.2, -0.15) is 9.36 Å². The Hall–Kier alpha value is -2.78. The first kappa shape index (κ1) is 17.6. The van der Waals surface area contributed by atoms with Crippen LogP contribution in [0.4, 0.5) is 0 Å². The fraction of sp³-hybridized carbons (Fsp3) is 0.111. The lowest BCUT2D eigenvalue weighted by atomic mass is 10.2. The van der Waals surface area contributed by atoms with E-state index in [1.54, 1.807) is 7.05 Å². The van der Waals surface area contributed by atoms with Gasteiger partial charge < -0.3 is 4.74 Å². The quantitative estimate of drug-likeness (QED) is 0.472. The molecule has 0 spiro atoms. The Labute approximate surface area is 167 Å². The second-order valence-corrected chi connectivity index (χ2v) is 7.46. The Morgan fingerprint density at radius 1 is 1.11 bits per heavy atom. The first-order valence-corrected chi connectivity index (χ1v) is 9.70. The van der Waals surface area contributed by atoms with Crippen molar-refractivity contribution in [3.05, 3.63) is 74.4 Å². The number of thiazole rings is 1. The predicted molar refractivity (Wildman–Crippen MR) is 106 cm³/mol. The lowest BCUT2D eigenvalue weighted by Crippen LogP contribution is -2.23. The summed E-state index contributed by atoms with van der Waals surface area (Å²) in [6, 6.07) is 15.4. The molecule has 0 saturated heterocycles. The van der Waals surface area contributed by atoms with Gasteiger partial charge in [0, 0.05) is 28.0 Å². The van der Waals surface area contributed by atoms with Crippen LogP contribution in [0.1, 0.15) is 5.56 Å².